The summed E-state index contributed by atoms with van der Waals surface area (Å²) in [6.45, 7) is 0. The van der Waals surface area contributed by atoms with Crippen LogP contribution in [0.15, 0.2) is 273 Å². The predicted molar refractivity (Wildman–Crippen MR) is 279 cm³/mol. The van der Waals surface area contributed by atoms with Crippen LogP contribution in [0, 0.1) is 0 Å². The summed E-state index contributed by atoms with van der Waals surface area (Å²) in [6.07, 6.45) is 0. The predicted octanol–water partition coefficient (Wildman–Crippen LogP) is 16.7. The molecule has 0 aromatic heterocycles. The lowest BCUT2D eigenvalue weighted by atomic mass is 9.67. The van der Waals surface area contributed by atoms with Gasteiger partial charge in [0.25, 0.3) is 0 Å². The van der Waals surface area contributed by atoms with Crippen molar-refractivity contribution in [1.29, 1.82) is 0 Å². The van der Waals surface area contributed by atoms with E-state index < -0.39 is 10.8 Å². The van der Waals surface area contributed by atoms with Crippen molar-refractivity contribution in [1.82, 2.24) is 0 Å². The van der Waals surface area contributed by atoms with Crippen LogP contribution in [0.3, 0.4) is 0 Å². The van der Waals surface area contributed by atoms with Crippen molar-refractivity contribution in [3.63, 3.8) is 0 Å². The molecular weight excluding hydrogens is 807 g/mol. The van der Waals surface area contributed by atoms with E-state index in [2.05, 4.69) is 278 Å². The van der Waals surface area contributed by atoms with Crippen molar-refractivity contribution in [2.24, 2.45) is 0 Å². The minimum atomic E-state index is -0.546. The second kappa shape index (κ2) is 15.6. The molecule has 0 N–H and O–H groups in total. The molecule has 2 aliphatic rings. The molecule has 0 bridgehead atoms. The van der Waals surface area contributed by atoms with E-state index in [1.54, 1.807) is 0 Å². The van der Waals surface area contributed by atoms with E-state index >= 15 is 0 Å². The highest BCUT2D eigenvalue weighted by Gasteiger charge is 2.49. The molecule has 0 fully saturated rings. The highest BCUT2D eigenvalue weighted by Crippen LogP contribution is 2.61. The fourth-order valence-corrected chi connectivity index (χ4v) is 11.9. The fourth-order valence-electron chi connectivity index (χ4n) is 11.9. The number of rotatable bonds is 8. The van der Waals surface area contributed by atoms with E-state index in [1.165, 1.54) is 88.7 Å². The average molecular weight is 852 g/mol. The van der Waals surface area contributed by atoms with Crippen LogP contribution in [-0.4, -0.2) is 0 Å². The largest absolute Gasteiger partial charge is 0.310 e. The summed E-state index contributed by atoms with van der Waals surface area (Å²) >= 11 is 0. The van der Waals surface area contributed by atoms with Gasteiger partial charge in [-0.15, -0.1) is 0 Å². The van der Waals surface area contributed by atoms with Crippen LogP contribution in [0.2, 0.25) is 0 Å². The standard InChI is InChI=1S/C66H45N/c1-5-23-48(24-6-1)65(49-25-7-2-8-26-49)60-36-18-16-33-58(60)64-61(65)37-20-38-63(64)67(52-41-39-47(40-42-52)55-34-19-22-46-21-13-14-31-54(46)55)53-43-44-57-56-32-15-17-35-59(56)66(62(57)45-53,50-27-9-3-10-28-50)51-29-11-4-12-30-51/h1-45H. The van der Waals surface area contributed by atoms with Crippen molar-refractivity contribution in [2.75, 3.05) is 4.90 Å². The molecule has 0 heterocycles. The van der Waals surface area contributed by atoms with Gasteiger partial charge >= 0.3 is 0 Å². The number of fused-ring (bicyclic) bond motifs is 7. The highest BCUT2D eigenvalue weighted by atomic mass is 15.1. The van der Waals surface area contributed by atoms with Crippen molar-refractivity contribution in [3.05, 3.63) is 317 Å². The minimum Gasteiger partial charge on any atom is -0.310 e. The number of hydrogen-bond acceptors (Lipinski definition) is 1. The van der Waals surface area contributed by atoms with Gasteiger partial charge in [-0.05, 0) is 113 Å². The second-order valence-corrected chi connectivity index (χ2v) is 17.9. The number of anilines is 3. The summed E-state index contributed by atoms with van der Waals surface area (Å²) in [5, 5.41) is 2.49. The number of hydrogen-bond donors (Lipinski definition) is 0. The van der Waals surface area contributed by atoms with Crippen LogP contribution < -0.4 is 4.90 Å². The van der Waals surface area contributed by atoms with Gasteiger partial charge in [-0.3, -0.25) is 0 Å². The molecule has 0 saturated heterocycles. The van der Waals surface area contributed by atoms with Gasteiger partial charge < -0.3 is 4.90 Å². The molecule has 0 aliphatic heterocycles. The molecule has 13 rings (SSSR count). The van der Waals surface area contributed by atoms with Crippen LogP contribution in [0.4, 0.5) is 17.1 Å². The molecule has 0 unspecified atom stereocenters. The molecule has 1 nitrogen and oxygen atoms in total. The summed E-state index contributed by atoms with van der Waals surface area (Å²) < 4.78 is 0. The van der Waals surface area contributed by atoms with E-state index in [4.69, 9.17) is 0 Å². The van der Waals surface area contributed by atoms with Crippen LogP contribution in [0.1, 0.15) is 44.5 Å². The normalized spacial score (nSPS) is 13.6. The highest BCUT2D eigenvalue weighted by molar-refractivity contribution is 6.00. The topological polar surface area (TPSA) is 3.24 Å². The van der Waals surface area contributed by atoms with Crippen molar-refractivity contribution < 1.29 is 0 Å². The lowest BCUT2D eigenvalue weighted by Gasteiger charge is -2.35. The molecule has 0 atom stereocenters. The Morgan fingerprint density at radius 2 is 0.701 bits per heavy atom. The van der Waals surface area contributed by atoms with Crippen molar-refractivity contribution >= 4 is 27.8 Å². The van der Waals surface area contributed by atoms with Crippen LogP contribution in [0.5, 0.6) is 0 Å². The quantitative estimate of drug-likeness (QED) is 0.147. The van der Waals surface area contributed by atoms with Gasteiger partial charge in [-0.25, -0.2) is 0 Å². The third-order valence-electron chi connectivity index (χ3n) is 14.6. The Bertz CT molecular complexity index is 3530. The van der Waals surface area contributed by atoms with Gasteiger partial charge in [0, 0.05) is 16.9 Å². The third kappa shape index (κ3) is 5.75. The lowest BCUT2D eigenvalue weighted by molar-refractivity contribution is 0.768. The number of benzene rings is 11. The number of nitrogens with zero attached hydrogens (tertiary/aromatic N) is 1. The third-order valence-corrected chi connectivity index (χ3v) is 14.6. The molecule has 11 aromatic carbocycles. The van der Waals surface area contributed by atoms with Gasteiger partial charge in [0.1, 0.15) is 0 Å². The summed E-state index contributed by atoms with van der Waals surface area (Å²) in [7, 11) is 0. The molecule has 11 aromatic rings. The summed E-state index contributed by atoms with van der Waals surface area (Å²) in [5.74, 6) is 0. The maximum absolute atomic E-state index is 2.53. The lowest BCUT2D eigenvalue weighted by Crippen LogP contribution is -2.29. The zero-order valence-electron chi connectivity index (χ0n) is 36.9. The SMILES string of the molecule is c1ccc(C2(c3ccccc3)c3ccccc3-c3ccc(N(c4ccc(-c5cccc6ccccc56)cc4)c4cccc5c4-c4ccccc4C5(c4ccccc4)c4ccccc4)cc32)cc1. The first-order valence-corrected chi connectivity index (χ1v) is 23.3. The maximum Gasteiger partial charge on any atom is 0.0714 e. The van der Waals surface area contributed by atoms with E-state index in [-0.39, 0.29) is 0 Å². The van der Waals surface area contributed by atoms with Gasteiger partial charge in [-0.1, -0.05) is 243 Å². The Kier molecular flexibility index (Phi) is 9.05. The van der Waals surface area contributed by atoms with Gasteiger partial charge in [0.05, 0.1) is 16.5 Å². The average Bonchev–Trinajstić information content (AvgIpc) is 3.88. The Balaban J connectivity index is 1.10. The van der Waals surface area contributed by atoms with E-state index in [1.807, 2.05) is 0 Å². The van der Waals surface area contributed by atoms with Gasteiger partial charge in [0.15, 0.2) is 0 Å². The van der Waals surface area contributed by atoms with E-state index in [0.717, 1.165) is 17.1 Å². The summed E-state index contributed by atoms with van der Waals surface area (Å²) in [6, 6.07) is 101. The Hall–Kier alpha value is -8.52. The minimum absolute atomic E-state index is 0.538. The van der Waals surface area contributed by atoms with Gasteiger partial charge in [-0.2, -0.15) is 0 Å². The fraction of sp³-hybridized carbons (Fsp3) is 0.0303. The molecule has 1 heteroatoms. The molecular formula is C66H45N. The Labute approximate surface area is 392 Å². The van der Waals surface area contributed by atoms with Crippen molar-refractivity contribution in [3.8, 4) is 33.4 Å². The molecule has 0 amide bonds. The van der Waals surface area contributed by atoms with E-state index in [9.17, 15) is 0 Å². The monoisotopic (exact) mass is 851 g/mol. The molecule has 67 heavy (non-hydrogen) atoms. The maximum atomic E-state index is 2.53. The summed E-state index contributed by atoms with van der Waals surface area (Å²) in [5.41, 5.74) is 19.8. The van der Waals surface area contributed by atoms with Crippen molar-refractivity contribution in [2.45, 2.75) is 10.8 Å². The first kappa shape index (κ1) is 38.9. The van der Waals surface area contributed by atoms with E-state index in [0.29, 0.717) is 0 Å². The molecule has 0 spiro atoms. The first-order chi connectivity index (χ1) is 33.3. The van der Waals surface area contributed by atoms with Gasteiger partial charge in [0.2, 0.25) is 0 Å². The van der Waals surface area contributed by atoms with Crippen LogP contribution in [-0.2, 0) is 10.8 Å². The Morgan fingerprint density at radius 3 is 1.33 bits per heavy atom. The second-order valence-electron chi connectivity index (χ2n) is 17.9. The molecule has 0 saturated carbocycles. The zero-order chi connectivity index (χ0) is 44.4. The molecule has 314 valence electrons. The molecule has 2 aliphatic carbocycles. The van der Waals surface area contributed by atoms with Crippen LogP contribution >= 0.6 is 0 Å². The smallest absolute Gasteiger partial charge is 0.0714 e. The van der Waals surface area contributed by atoms with Crippen LogP contribution in [0.25, 0.3) is 44.2 Å². The Morgan fingerprint density at radius 1 is 0.269 bits per heavy atom. The first-order valence-electron chi connectivity index (χ1n) is 23.3. The summed E-state index contributed by atoms with van der Waals surface area (Å²) in [4.78, 5) is 2.53. The molecule has 0 radical (unpaired) electrons. The zero-order valence-corrected chi connectivity index (χ0v) is 36.9.